The number of hydrogen-bond acceptors (Lipinski definition) is 5. The maximum atomic E-state index is 11.3. The fraction of sp³-hybridized carbons (Fsp3) is 0.364. The van der Waals surface area contributed by atoms with Crippen molar-refractivity contribution in [3.63, 3.8) is 0 Å². The van der Waals surface area contributed by atoms with Crippen LogP contribution in [0.25, 0.3) is 0 Å². The van der Waals surface area contributed by atoms with Crippen molar-refractivity contribution >= 4 is 5.97 Å². The average Bonchev–Trinajstić information content (AvgIpc) is 2.82. The second-order valence-electron chi connectivity index (χ2n) is 3.34. The van der Waals surface area contributed by atoms with Gasteiger partial charge in [0.25, 0.3) is 0 Å². The van der Waals surface area contributed by atoms with Gasteiger partial charge in [0.05, 0.1) is 31.5 Å². The number of phenols is 1. The van der Waals surface area contributed by atoms with Crippen molar-refractivity contribution in [2.45, 2.75) is 6.29 Å². The summed E-state index contributed by atoms with van der Waals surface area (Å²) in [5, 5.41) is 9.64. The molecule has 0 bridgehead atoms. The number of carbonyl (C=O) groups is 1. The quantitative estimate of drug-likeness (QED) is 0.765. The number of benzene rings is 1. The number of aromatic hydroxyl groups is 1. The Bertz CT molecular complexity index is 395. The van der Waals surface area contributed by atoms with Crippen molar-refractivity contribution in [1.29, 1.82) is 0 Å². The molecule has 86 valence electrons. The number of ether oxygens (including phenoxy) is 3. The molecule has 2 rings (SSSR count). The van der Waals surface area contributed by atoms with Gasteiger partial charge in [-0.15, -0.1) is 0 Å². The Hall–Kier alpha value is -1.59. The Balaban J connectivity index is 2.32. The van der Waals surface area contributed by atoms with Crippen molar-refractivity contribution in [3.05, 3.63) is 29.3 Å². The van der Waals surface area contributed by atoms with Crippen LogP contribution in [-0.2, 0) is 14.2 Å². The summed E-state index contributed by atoms with van der Waals surface area (Å²) in [6.45, 7) is 0.957. The maximum absolute atomic E-state index is 11.3. The van der Waals surface area contributed by atoms with Gasteiger partial charge in [-0.25, -0.2) is 4.79 Å². The van der Waals surface area contributed by atoms with Gasteiger partial charge in [0.2, 0.25) is 0 Å². The molecule has 0 atom stereocenters. The Kier molecular flexibility index (Phi) is 3.07. The normalized spacial score (nSPS) is 16.3. The number of methoxy groups -OCH3 is 1. The van der Waals surface area contributed by atoms with E-state index in [1.54, 1.807) is 0 Å². The first kappa shape index (κ1) is 10.9. The van der Waals surface area contributed by atoms with Gasteiger partial charge in [-0.3, -0.25) is 0 Å². The third kappa shape index (κ3) is 2.00. The van der Waals surface area contributed by atoms with E-state index >= 15 is 0 Å². The highest BCUT2D eigenvalue weighted by molar-refractivity contribution is 5.89. The molecule has 0 aliphatic carbocycles. The van der Waals surface area contributed by atoms with Crippen LogP contribution in [0.1, 0.15) is 22.2 Å². The van der Waals surface area contributed by atoms with Crippen LogP contribution in [0.2, 0.25) is 0 Å². The monoisotopic (exact) mass is 224 g/mol. The highest BCUT2D eigenvalue weighted by Gasteiger charge is 2.22. The molecular formula is C11H12O5. The van der Waals surface area contributed by atoms with Crippen molar-refractivity contribution in [2.24, 2.45) is 0 Å². The predicted molar refractivity (Wildman–Crippen MR) is 54.1 cm³/mol. The molecule has 1 N–H and O–H groups in total. The summed E-state index contributed by atoms with van der Waals surface area (Å²) < 4.78 is 15.1. The first-order valence-corrected chi connectivity index (χ1v) is 4.87. The Morgan fingerprint density at radius 2 is 2.12 bits per heavy atom. The SMILES string of the molecule is COC(=O)c1ccc(O)c(C2OCCO2)c1. The van der Waals surface area contributed by atoms with E-state index in [1.165, 1.54) is 25.3 Å². The lowest BCUT2D eigenvalue weighted by atomic mass is 10.1. The van der Waals surface area contributed by atoms with Gasteiger partial charge >= 0.3 is 5.97 Å². The summed E-state index contributed by atoms with van der Waals surface area (Å²) in [7, 11) is 1.30. The van der Waals surface area contributed by atoms with E-state index < -0.39 is 12.3 Å². The van der Waals surface area contributed by atoms with Gasteiger partial charge < -0.3 is 19.3 Å². The molecule has 0 unspecified atom stereocenters. The van der Waals surface area contributed by atoms with Crippen LogP contribution >= 0.6 is 0 Å². The molecular weight excluding hydrogens is 212 g/mol. The molecule has 1 aliphatic heterocycles. The van der Waals surface area contributed by atoms with Gasteiger partial charge in [0, 0.05) is 0 Å². The molecule has 1 aromatic rings. The fourth-order valence-electron chi connectivity index (χ4n) is 1.53. The van der Waals surface area contributed by atoms with Crippen LogP contribution in [0.3, 0.4) is 0 Å². The third-order valence-electron chi connectivity index (χ3n) is 2.32. The lowest BCUT2D eigenvalue weighted by Crippen LogP contribution is -2.04. The number of phenolic OH excluding ortho intramolecular Hbond substituents is 1. The van der Waals surface area contributed by atoms with Crippen molar-refractivity contribution in [1.82, 2.24) is 0 Å². The molecule has 0 aromatic heterocycles. The molecule has 0 radical (unpaired) electrons. The van der Waals surface area contributed by atoms with Gasteiger partial charge in [-0.05, 0) is 18.2 Å². The minimum atomic E-state index is -0.607. The van der Waals surface area contributed by atoms with E-state index in [0.717, 1.165) is 0 Å². The Morgan fingerprint density at radius 1 is 1.44 bits per heavy atom. The minimum Gasteiger partial charge on any atom is -0.507 e. The minimum absolute atomic E-state index is 0.0413. The summed E-state index contributed by atoms with van der Waals surface area (Å²) in [5.74, 6) is -0.418. The molecule has 16 heavy (non-hydrogen) atoms. The summed E-state index contributed by atoms with van der Waals surface area (Å²) in [6, 6.07) is 4.42. The molecule has 5 heteroatoms. The topological polar surface area (TPSA) is 65.0 Å². The van der Waals surface area contributed by atoms with Gasteiger partial charge in [-0.1, -0.05) is 0 Å². The van der Waals surface area contributed by atoms with Crippen LogP contribution in [-0.4, -0.2) is 31.4 Å². The molecule has 1 fully saturated rings. The van der Waals surface area contributed by atoms with Crippen molar-refractivity contribution in [3.8, 4) is 5.75 Å². The highest BCUT2D eigenvalue weighted by atomic mass is 16.7. The second kappa shape index (κ2) is 4.51. The zero-order valence-corrected chi connectivity index (χ0v) is 8.80. The molecule has 1 heterocycles. The average molecular weight is 224 g/mol. The van der Waals surface area contributed by atoms with Crippen LogP contribution in [0.15, 0.2) is 18.2 Å². The third-order valence-corrected chi connectivity index (χ3v) is 2.32. The molecule has 1 saturated heterocycles. The first-order chi connectivity index (χ1) is 7.72. The Labute approximate surface area is 92.5 Å². The summed E-state index contributed by atoms with van der Waals surface area (Å²) in [6.07, 6.45) is -0.607. The predicted octanol–water partition coefficient (Wildman–Crippen LogP) is 1.22. The largest absolute Gasteiger partial charge is 0.507 e. The zero-order valence-electron chi connectivity index (χ0n) is 8.80. The number of hydrogen-bond donors (Lipinski definition) is 1. The van der Waals surface area contributed by atoms with Crippen molar-refractivity contribution < 1.29 is 24.1 Å². The van der Waals surface area contributed by atoms with E-state index in [-0.39, 0.29) is 5.75 Å². The van der Waals surface area contributed by atoms with Gasteiger partial charge in [0.15, 0.2) is 6.29 Å². The van der Waals surface area contributed by atoms with Crippen molar-refractivity contribution in [2.75, 3.05) is 20.3 Å². The van der Waals surface area contributed by atoms with Crippen LogP contribution in [0.4, 0.5) is 0 Å². The second-order valence-corrected chi connectivity index (χ2v) is 3.34. The maximum Gasteiger partial charge on any atom is 0.337 e. The molecule has 1 aromatic carbocycles. The van der Waals surface area contributed by atoms with E-state index in [2.05, 4.69) is 4.74 Å². The molecule has 5 nitrogen and oxygen atoms in total. The lowest BCUT2D eigenvalue weighted by molar-refractivity contribution is -0.0455. The highest BCUT2D eigenvalue weighted by Crippen LogP contribution is 2.31. The zero-order chi connectivity index (χ0) is 11.5. The lowest BCUT2D eigenvalue weighted by Gasteiger charge is -2.12. The Morgan fingerprint density at radius 3 is 2.75 bits per heavy atom. The number of esters is 1. The standard InChI is InChI=1S/C11H12O5/c1-14-10(13)7-2-3-9(12)8(6-7)11-15-4-5-16-11/h2-3,6,11-12H,4-5H2,1H3. The van der Waals surface area contributed by atoms with Crippen LogP contribution in [0, 0.1) is 0 Å². The summed E-state index contributed by atoms with van der Waals surface area (Å²) >= 11 is 0. The summed E-state index contributed by atoms with van der Waals surface area (Å²) in [5.41, 5.74) is 0.801. The molecule has 0 amide bonds. The van der Waals surface area contributed by atoms with E-state index in [4.69, 9.17) is 9.47 Å². The number of carbonyl (C=O) groups excluding carboxylic acids is 1. The van der Waals surface area contributed by atoms with E-state index in [9.17, 15) is 9.90 Å². The number of rotatable bonds is 2. The summed E-state index contributed by atoms with van der Waals surface area (Å²) in [4.78, 5) is 11.3. The van der Waals surface area contributed by atoms with Gasteiger partial charge in [0.1, 0.15) is 5.75 Å². The van der Waals surface area contributed by atoms with Crippen LogP contribution < -0.4 is 0 Å². The van der Waals surface area contributed by atoms with Gasteiger partial charge in [-0.2, -0.15) is 0 Å². The van der Waals surface area contributed by atoms with Crippen LogP contribution in [0.5, 0.6) is 5.75 Å². The fourth-order valence-corrected chi connectivity index (χ4v) is 1.53. The molecule has 1 aliphatic rings. The smallest absolute Gasteiger partial charge is 0.337 e. The van der Waals surface area contributed by atoms with E-state index in [1.807, 2.05) is 0 Å². The first-order valence-electron chi connectivity index (χ1n) is 4.87. The van der Waals surface area contributed by atoms with E-state index in [0.29, 0.717) is 24.3 Å². The molecule has 0 saturated carbocycles. The molecule has 0 spiro atoms.